The monoisotopic (exact) mass is 294 g/mol. The molecule has 1 N–H and O–H groups in total. The molecule has 0 aliphatic rings. The average Bonchev–Trinajstić information content (AvgIpc) is 2.82. The Bertz CT molecular complexity index is 801. The molecule has 0 atom stereocenters. The first-order valence-electron chi connectivity index (χ1n) is 5.77. The molecule has 0 aliphatic heterocycles. The largest absolute Gasteiger partial charge is 0.496 e. The molecule has 3 nitrogen and oxygen atoms in total. The molecule has 3 rings (SSSR count). The number of H-pyrrole nitrogens is 1. The Morgan fingerprint density at radius 2 is 2.00 bits per heavy atom. The van der Waals surface area contributed by atoms with Gasteiger partial charge in [0.25, 0.3) is 0 Å². The minimum atomic E-state index is -0.719. The molecule has 0 unspecified atom stereocenters. The van der Waals surface area contributed by atoms with Gasteiger partial charge in [-0.25, -0.2) is 13.8 Å². The van der Waals surface area contributed by atoms with Crippen LogP contribution in [-0.2, 0) is 0 Å². The molecule has 20 heavy (non-hydrogen) atoms. The summed E-state index contributed by atoms with van der Waals surface area (Å²) >= 11 is 5.95. The van der Waals surface area contributed by atoms with Gasteiger partial charge in [0.1, 0.15) is 22.9 Å². The van der Waals surface area contributed by atoms with Crippen LogP contribution in [-0.4, -0.2) is 17.1 Å². The summed E-state index contributed by atoms with van der Waals surface area (Å²) in [6.45, 7) is 0. The third-order valence-corrected chi connectivity index (χ3v) is 3.16. The summed E-state index contributed by atoms with van der Waals surface area (Å²) in [6.07, 6.45) is 0. The molecule has 0 radical (unpaired) electrons. The topological polar surface area (TPSA) is 37.9 Å². The van der Waals surface area contributed by atoms with Crippen molar-refractivity contribution in [3.05, 3.63) is 47.0 Å². The van der Waals surface area contributed by atoms with Gasteiger partial charge in [0.2, 0.25) is 0 Å². The van der Waals surface area contributed by atoms with Crippen molar-refractivity contribution in [3.8, 4) is 17.1 Å². The first-order chi connectivity index (χ1) is 9.58. The van der Waals surface area contributed by atoms with Crippen molar-refractivity contribution < 1.29 is 13.5 Å². The van der Waals surface area contributed by atoms with Crippen molar-refractivity contribution in [1.29, 1.82) is 0 Å². The van der Waals surface area contributed by atoms with E-state index in [1.807, 2.05) is 0 Å². The summed E-state index contributed by atoms with van der Waals surface area (Å²) in [6, 6.07) is 6.98. The average molecular weight is 295 g/mol. The second-order valence-corrected chi connectivity index (χ2v) is 4.65. The number of halogens is 3. The molecule has 2 aromatic carbocycles. The fourth-order valence-corrected chi connectivity index (χ4v) is 2.21. The first kappa shape index (κ1) is 12.9. The molecular weight excluding hydrogens is 286 g/mol. The minimum absolute atomic E-state index is 0.0726. The van der Waals surface area contributed by atoms with E-state index in [-0.39, 0.29) is 11.0 Å². The number of nitrogens with one attached hydrogen (secondary N) is 1. The number of imidazole rings is 1. The van der Waals surface area contributed by atoms with Crippen LogP contribution in [0.2, 0.25) is 5.02 Å². The lowest BCUT2D eigenvalue weighted by Crippen LogP contribution is -1.89. The predicted octanol–water partition coefficient (Wildman–Crippen LogP) is 4.17. The van der Waals surface area contributed by atoms with E-state index in [1.165, 1.54) is 13.2 Å². The van der Waals surface area contributed by atoms with Crippen LogP contribution in [0.25, 0.3) is 22.4 Å². The molecule has 1 heterocycles. The van der Waals surface area contributed by atoms with Gasteiger partial charge in [0, 0.05) is 11.1 Å². The third-order valence-electron chi connectivity index (χ3n) is 2.92. The predicted molar refractivity (Wildman–Crippen MR) is 73.0 cm³/mol. The SMILES string of the molecule is COc1ccc(Cl)cc1-c1nc2c(F)cc(F)cc2[nH]1. The van der Waals surface area contributed by atoms with Crippen LogP contribution in [0.5, 0.6) is 5.75 Å². The van der Waals surface area contributed by atoms with Crippen molar-refractivity contribution in [2.45, 2.75) is 0 Å². The molecule has 102 valence electrons. The van der Waals surface area contributed by atoms with Crippen molar-refractivity contribution in [2.24, 2.45) is 0 Å². The van der Waals surface area contributed by atoms with E-state index in [1.54, 1.807) is 18.2 Å². The number of ether oxygens (including phenoxy) is 1. The Hall–Kier alpha value is -2.14. The van der Waals surface area contributed by atoms with Gasteiger partial charge < -0.3 is 9.72 Å². The van der Waals surface area contributed by atoms with Crippen molar-refractivity contribution >= 4 is 22.6 Å². The number of aromatic amines is 1. The molecule has 6 heteroatoms. The summed E-state index contributed by atoms with van der Waals surface area (Å²) in [5.74, 6) is -0.482. The number of methoxy groups -OCH3 is 1. The molecule has 0 amide bonds. The Kier molecular flexibility index (Phi) is 3.06. The minimum Gasteiger partial charge on any atom is -0.496 e. The van der Waals surface area contributed by atoms with Gasteiger partial charge in [-0.2, -0.15) is 0 Å². The molecule has 0 bridgehead atoms. The number of aromatic nitrogens is 2. The lowest BCUT2D eigenvalue weighted by Gasteiger charge is -2.05. The fourth-order valence-electron chi connectivity index (χ4n) is 2.04. The van der Waals surface area contributed by atoms with Crippen LogP contribution in [0.15, 0.2) is 30.3 Å². The molecule has 1 aromatic heterocycles. The Labute approximate surface area is 118 Å². The van der Waals surface area contributed by atoms with E-state index < -0.39 is 11.6 Å². The molecule has 0 saturated heterocycles. The maximum Gasteiger partial charge on any atom is 0.153 e. The summed E-state index contributed by atoms with van der Waals surface area (Å²) in [7, 11) is 1.51. The second-order valence-electron chi connectivity index (χ2n) is 4.21. The summed E-state index contributed by atoms with van der Waals surface area (Å²) in [4.78, 5) is 7.00. The molecular formula is C14H9ClF2N2O. The quantitative estimate of drug-likeness (QED) is 0.770. The first-order valence-corrected chi connectivity index (χ1v) is 6.15. The number of nitrogens with zero attached hydrogens (tertiary/aromatic N) is 1. The van der Waals surface area contributed by atoms with Crippen molar-refractivity contribution in [1.82, 2.24) is 9.97 Å². The zero-order chi connectivity index (χ0) is 14.3. The Balaban J connectivity index is 2.25. The zero-order valence-electron chi connectivity index (χ0n) is 10.4. The molecule has 0 spiro atoms. The summed E-state index contributed by atoms with van der Waals surface area (Å²) in [5.41, 5.74) is 0.930. The normalized spacial score (nSPS) is 11.0. The van der Waals surface area contributed by atoms with Crippen molar-refractivity contribution in [2.75, 3.05) is 7.11 Å². The highest BCUT2D eigenvalue weighted by Crippen LogP contribution is 2.32. The maximum atomic E-state index is 13.7. The van der Waals surface area contributed by atoms with E-state index in [0.717, 1.165) is 6.07 Å². The Morgan fingerprint density at radius 3 is 2.75 bits per heavy atom. The second kappa shape index (κ2) is 4.76. The van der Waals surface area contributed by atoms with Gasteiger partial charge >= 0.3 is 0 Å². The highest BCUT2D eigenvalue weighted by molar-refractivity contribution is 6.30. The van der Waals surface area contributed by atoms with E-state index in [4.69, 9.17) is 16.3 Å². The molecule has 3 aromatic rings. The van der Waals surface area contributed by atoms with Gasteiger partial charge in [-0.1, -0.05) is 11.6 Å². The number of benzene rings is 2. The third kappa shape index (κ3) is 2.10. The molecule has 0 fully saturated rings. The number of hydrogen-bond acceptors (Lipinski definition) is 2. The van der Waals surface area contributed by atoms with E-state index in [2.05, 4.69) is 9.97 Å². The van der Waals surface area contributed by atoms with Gasteiger partial charge in [-0.3, -0.25) is 0 Å². The van der Waals surface area contributed by atoms with E-state index in [0.29, 0.717) is 22.2 Å². The zero-order valence-corrected chi connectivity index (χ0v) is 11.1. The van der Waals surface area contributed by atoms with Crippen LogP contribution in [0.3, 0.4) is 0 Å². The fraction of sp³-hybridized carbons (Fsp3) is 0.0714. The van der Waals surface area contributed by atoms with Crippen LogP contribution in [0.4, 0.5) is 8.78 Å². The van der Waals surface area contributed by atoms with Crippen LogP contribution in [0, 0.1) is 11.6 Å². The summed E-state index contributed by atoms with van der Waals surface area (Å²) in [5, 5.41) is 0.493. The maximum absolute atomic E-state index is 13.7. The van der Waals surface area contributed by atoms with Crippen LogP contribution >= 0.6 is 11.6 Å². The number of hydrogen-bond donors (Lipinski definition) is 1. The standard InChI is InChI=1S/C14H9ClF2N2O/c1-20-12-3-2-7(15)4-9(12)14-18-11-6-8(16)5-10(17)13(11)19-14/h2-6H,1H3,(H,18,19). The van der Waals surface area contributed by atoms with Gasteiger partial charge in [0.15, 0.2) is 5.82 Å². The molecule has 0 aliphatic carbocycles. The van der Waals surface area contributed by atoms with Crippen molar-refractivity contribution in [3.63, 3.8) is 0 Å². The van der Waals surface area contributed by atoms with Crippen LogP contribution < -0.4 is 4.74 Å². The highest BCUT2D eigenvalue weighted by atomic mass is 35.5. The van der Waals surface area contributed by atoms with E-state index in [9.17, 15) is 8.78 Å². The van der Waals surface area contributed by atoms with Gasteiger partial charge in [-0.15, -0.1) is 0 Å². The lowest BCUT2D eigenvalue weighted by atomic mass is 10.2. The lowest BCUT2D eigenvalue weighted by molar-refractivity contribution is 0.416. The summed E-state index contributed by atoms with van der Waals surface area (Å²) < 4.78 is 32.1. The highest BCUT2D eigenvalue weighted by Gasteiger charge is 2.14. The number of rotatable bonds is 2. The number of fused-ring (bicyclic) bond motifs is 1. The molecule has 0 saturated carbocycles. The van der Waals surface area contributed by atoms with Gasteiger partial charge in [0.05, 0.1) is 18.2 Å². The van der Waals surface area contributed by atoms with E-state index >= 15 is 0 Å². The Morgan fingerprint density at radius 1 is 1.20 bits per heavy atom. The van der Waals surface area contributed by atoms with Gasteiger partial charge in [-0.05, 0) is 24.3 Å². The van der Waals surface area contributed by atoms with Crippen LogP contribution in [0.1, 0.15) is 0 Å². The smallest absolute Gasteiger partial charge is 0.153 e.